The quantitative estimate of drug-likeness (QED) is 0.798. The van der Waals surface area contributed by atoms with Gasteiger partial charge in [-0.05, 0) is 36.8 Å². The summed E-state index contributed by atoms with van der Waals surface area (Å²) in [6.07, 6.45) is 0.0306. The monoisotopic (exact) mass is 326 g/mol. The van der Waals surface area contributed by atoms with Crippen molar-refractivity contribution in [2.45, 2.75) is 19.9 Å². The summed E-state index contributed by atoms with van der Waals surface area (Å²) in [5, 5.41) is 10.9. The van der Waals surface area contributed by atoms with Gasteiger partial charge in [0, 0.05) is 12.1 Å². The van der Waals surface area contributed by atoms with Crippen molar-refractivity contribution in [1.82, 2.24) is 15.0 Å². The van der Waals surface area contributed by atoms with E-state index in [2.05, 4.69) is 15.6 Å². The second kappa shape index (κ2) is 6.57. The first-order valence-electron chi connectivity index (χ1n) is 7.43. The molecule has 6 nitrogen and oxygen atoms in total. The zero-order valence-electron chi connectivity index (χ0n) is 13.0. The van der Waals surface area contributed by atoms with Gasteiger partial charge >= 0.3 is 0 Å². The first-order valence-corrected chi connectivity index (χ1v) is 7.43. The lowest BCUT2D eigenvalue weighted by Gasteiger charge is -2.09. The number of benzene rings is 2. The Kier molecular flexibility index (Phi) is 4.33. The average molecular weight is 326 g/mol. The van der Waals surface area contributed by atoms with Gasteiger partial charge in [0.05, 0.1) is 11.9 Å². The van der Waals surface area contributed by atoms with Crippen LogP contribution in [-0.2, 0) is 11.3 Å². The van der Waals surface area contributed by atoms with Gasteiger partial charge in [-0.3, -0.25) is 9.59 Å². The van der Waals surface area contributed by atoms with Gasteiger partial charge in [-0.25, -0.2) is 9.07 Å². The van der Waals surface area contributed by atoms with Crippen LogP contribution < -0.4 is 10.9 Å². The van der Waals surface area contributed by atoms with Gasteiger partial charge in [-0.2, -0.15) is 0 Å². The molecule has 1 N–H and O–H groups in total. The molecule has 3 rings (SSSR count). The van der Waals surface area contributed by atoms with Crippen LogP contribution in [-0.4, -0.2) is 20.9 Å². The molecule has 1 heterocycles. The fourth-order valence-electron chi connectivity index (χ4n) is 2.32. The van der Waals surface area contributed by atoms with E-state index in [0.717, 1.165) is 10.2 Å². The number of nitrogens with one attached hydrogen (secondary N) is 1. The molecule has 1 aromatic heterocycles. The SMILES string of the molecule is Cc1ccc(F)cc1NC(=O)CCn1nnc2ccccc2c1=O. The van der Waals surface area contributed by atoms with Crippen LogP contribution in [0, 0.1) is 12.7 Å². The summed E-state index contributed by atoms with van der Waals surface area (Å²) >= 11 is 0. The van der Waals surface area contributed by atoms with Crippen LogP contribution in [0.1, 0.15) is 12.0 Å². The minimum absolute atomic E-state index is 0.0306. The van der Waals surface area contributed by atoms with Gasteiger partial charge in [0.1, 0.15) is 11.3 Å². The molecular formula is C17H15FN4O2. The third-order valence-corrected chi connectivity index (χ3v) is 3.65. The van der Waals surface area contributed by atoms with Crippen LogP contribution in [0.15, 0.2) is 47.3 Å². The lowest BCUT2D eigenvalue weighted by Crippen LogP contribution is -2.26. The molecule has 0 saturated heterocycles. The highest BCUT2D eigenvalue weighted by Gasteiger charge is 2.09. The number of hydrogen-bond acceptors (Lipinski definition) is 4. The summed E-state index contributed by atoms with van der Waals surface area (Å²) in [7, 11) is 0. The van der Waals surface area contributed by atoms with Crippen molar-refractivity contribution in [1.29, 1.82) is 0 Å². The van der Waals surface area contributed by atoms with Gasteiger partial charge in [-0.1, -0.05) is 23.4 Å². The minimum atomic E-state index is -0.424. The van der Waals surface area contributed by atoms with Crippen molar-refractivity contribution >= 4 is 22.5 Å². The highest BCUT2D eigenvalue weighted by Crippen LogP contribution is 2.16. The molecule has 3 aromatic rings. The standard InChI is InChI=1S/C17H15FN4O2/c1-11-6-7-12(18)10-15(11)19-16(23)8-9-22-17(24)13-4-2-3-5-14(13)20-21-22/h2-7,10H,8-9H2,1H3,(H,19,23). The number of carbonyl (C=O) groups excluding carboxylic acids is 1. The van der Waals surface area contributed by atoms with Gasteiger partial charge in [0.25, 0.3) is 5.56 Å². The molecule has 0 unspecified atom stereocenters. The Morgan fingerprint density at radius 3 is 2.88 bits per heavy atom. The summed E-state index contributed by atoms with van der Waals surface area (Å²) in [6.45, 7) is 1.87. The maximum absolute atomic E-state index is 13.2. The zero-order valence-corrected chi connectivity index (χ0v) is 13.0. The highest BCUT2D eigenvalue weighted by atomic mass is 19.1. The number of anilines is 1. The molecule has 0 spiro atoms. The molecule has 0 saturated carbocycles. The fourth-order valence-corrected chi connectivity index (χ4v) is 2.32. The molecule has 1 amide bonds. The summed E-state index contributed by atoms with van der Waals surface area (Å²) in [5.41, 5.74) is 1.39. The second-order valence-corrected chi connectivity index (χ2v) is 5.39. The van der Waals surface area contributed by atoms with Crippen LogP contribution in [0.3, 0.4) is 0 Å². The van der Waals surface area contributed by atoms with Crippen molar-refractivity contribution < 1.29 is 9.18 Å². The van der Waals surface area contributed by atoms with E-state index in [-0.39, 0.29) is 24.4 Å². The molecule has 0 aliphatic rings. The third-order valence-electron chi connectivity index (χ3n) is 3.65. The van der Waals surface area contributed by atoms with Gasteiger partial charge in [0.15, 0.2) is 0 Å². The Morgan fingerprint density at radius 2 is 2.04 bits per heavy atom. The summed E-state index contributed by atoms with van der Waals surface area (Å²) in [5.74, 6) is -0.752. The molecule has 0 radical (unpaired) electrons. The Bertz CT molecular complexity index is 968. The topological polar surface area (TPSA) is 76.9 Å². The first-order chi connectivity index (χ1) is 11.5. The van der Waals surface area contributed by atoms with E-state index < -0.39 is 5.82 Å². The predicted molar refractivity (Wildman–Crippen MR) is 88.2 cm³/mol. The van der Waals surface area contributed by atoms with Crippen LogP contribution in [0.4, 0.5) is 10.1 Å². The van der Waals surface area contributed by atoms with E-state index >= 15 is 0 Å². The van der Waals surface area contributed by atoms with Crippen LogP contribution >= 0.6 is 0 Å². The maximum atomic E-state index is 13.2. The largest absolute Gasteiger partial charge is 0.326 e. The smallest absolute Gasteiger partial charge is 0.277 e. The van der Waals surface area contributed by atoms with E-state index in [1.807, 2.05) is 0 Å². The van der Waals surface area contributed by atoms with Crippen LogP contribution in [0.5, 0.6) is 0 Å². The number of hydrogen-bond donors (Lipinski definition) is 1. The zero-order chi connectivity index (χ0) is 17.1. The molecule has 0 bridgehead atoms. The molecule has 0 atom stereocenters. The van der Waals surface area contributed by atoms with E-state index in [9.17, 15) is 14.0 Å². The van der Waals surface area contributed by atoms with Crippen LogP contribution in [0.25, 0.3) is 10.9 Å². The molecule has 122 valence electrons. The number of aryl methyl sites for hydroxylation is 2. The predicted octanol–water partition coefficient (Wildman–Crippen LogP) is 2.27. The molecule has 24 heavy (non-hydrogen) atoms. The summed E-state index contributed by atoms with van der Waals surface area (Å²) < 4.78 is 14.4. The normalized spacial score (nSPS) is 10.8. The number of aromatic nitrogens is 3. The lowest BCUT2D eigenvalue weighted by atomic mass is 10.2. The van der Waals surface area contributed by atoms with E-state index in [1.54, 1.807) is 37.3 Å². The molecule has 0 aliphatic carbocycles. The van der Waals surface area contributed by atoms with Crippen molar-refractivity contribution in [2.24, 2.45) is 0 Å². The molecule has 2 aromatic carbocycles. The van der Waals surface area contributed by atoms with Crippen molar-refractivity contribution in [3.8, 4) is 0 Å². The van der Waals surface area contributed by atoms with Gasteiger partial charge in [0.2, 0.25) is 5.91 Å². The maximum Gasteiger partial charge on any atom is 0.277 e. The van der Waals surface area contributed by atoms with Crippen molar-refractivity contribution in [3.63, 3.8) is 0 Å². The van der Waals surface area contributed by atoms with Crippen molar-refractivity contribution in [2.75, 3.05) is 5.32 Å². The van der Waals surface area contributed by atoms with E-state index in [1.165, 1.54) is 12.1 Å². The number of halogens is 1. The Hall–Kier alpha value is -3.09. The second-order valence-electron chi connectivity index (χ2n) is 5.39. The number of fused-ring (bicyclic) bond motifs is 1. The molecule has 0 fully saturated rings. The lowest BCUT2D eigenvalue weighted by molar-refractivity contribution is -0.116. The molecule has 7 heteroatoms. The minimum Gasteiger partial charge on any atom is -0.326 e. The van der Waals surface area contributed by atoms with E-state index in [4.69, 9.17) is 0 Å². The number of rotatable bonds is 4. The average Bonchev–Trinajstić information content (AvgIpc) is 2.58. The third kappa shape index (κ3) is 3.29. The van der Waals surface area contributed by atoms with Gasteiger partial charge in [-0.15, -0.1) is 5.10 Å². The fraction of sp³-hybridized carbons (Fsp3) is 0.176. The Morgan fingerprint density at radius 1 is 1.25 bits per heavy atom. The van der Waals surface area contributed by atoms with E-state index in [0.29, 0.717) is 16.6 Å². The Balaban J connectivity index is 1.71. The molecular weight excluding hydrogens is 311 g/mol. The Labute approximate surface area is 136 Å². The number of amides is 1. The summed E-state index contributed by atoms with van der Waals surface area (Å²) in [6, 6.07) is 11.1. The summed E-state index contributed by atoms with van der Waals surface area (Å²) in [4.78, 5) is 24.3. The van der Waals surface area contributed by atoms with Crippen LogP contribution in [0.2, 0.25) is 0 Å². The number of carbonyl (C=O) groups is 1. The number of nitrogens with zero attached hydrogens (tertiary/aromatic N) is 3. The van der Waals surface area contributed by atoms with Gasteiger partial charge < -0.3 is 5.32 Å². The highest BCUT2D eigenvalue weighted by molar-refractivity contribution is 5.91. The van der Waals surface area contributed by atoms with Crippen molar-refractivity contribution in [3.05, 3.63) is 64.2 Å². The first kappa shape index (κ1) is 15.8. The molecule has 0 aliphatic heterocycles.